The van der Waals surface area contributed by atoms with E-state index in [-0.39, 0.29) is 17.4 Å². The van der Waals surface area contributed by atoms with Crippen LogP contribution in [0, 0.1) is 5.92 Å². The smallest absolute Gasteiger partial charge is 0.324 e. The van der Waals surface area contributed by atoms with Crippen LogP contribution in [0.3, 0.4) is 0 Å². The maximum absolute atomic E-state index is 13.0. The van der Waals surface area contributed by atoms with E-state index in [0.717, 1.165) is 0 Å². The summed E-state index contributed by atoms with van der Waals surface area (Å²) in [5.74, 6) is -0.465. The van der Waals surface area contributed by atoms with Gasteiger partial charge in [0.2, 0.25) is 10.0 Å². The van der Waals surface area contributed by atoms with Crippen LogP contribution in [0.5, 0.6) is 0 Å². The highest BCUT2D eigenvalue weighted by atomic mass is 79.9. The van der Waals surface area contributed by atoms with E-state index in [1.54, 1.807) is 32.9 Å². The summed E-state index contributed by atoms with van der Waals surface area (Å²) in [6.07, 6.45) is 0.431. The van der Waals surface area contributed by atoms with Crippen molar-refractivity contribution in [1.82, 2.24) is 4.31 Å². The number of carbonyl (C=O) groups is 1. The highest BCUT2D eigenvalue weighted by molar-refractivity contribution is 9.09. The van der Waals surface area contributed by atoms with Gasteiger partial charge in [0.1, 0.15) is 11.6 Å². The number of esters is 1. The largest absolute Gasteiger partial charge is 0.459 e. The Kier molecular flexibility index (Phi) is 6.00. The van der Waals surface area contributed by atoms with E-state index in [9.17, 15) is 13.2 Å². The molecule has 0 aromatic heterocycles. The number of ether oxygens (including phenoxy) is 1. The zero-order valence-electron chi connectivity index (χ0n) is 13.8. The fourth-order valence-electron chi connectivity index (χ4n) is 2.61. The van der Waals surface area contributed by atoms with E-state index < -0.39 is 27.6 Å². The third kappa shape index (κ3) is 4.50. The summed E-state index contributed by atoms with van der Waals surface area (Å²) in [4.78, 5) is 12.6. The van der Waals surface area contributed by atoms with Crippen LogP contribution in [-0.2, 0) is 19.6 Å². The number of nitrogens with zero attached hydrogens (tertiary/aromatic N) is 1. The van der Waals surface area contributed by atoms with Crippen LogP contribution in [0.4, 0.5) is 0 Å². The lowest BCUT2D eigenvalue weighted by atomic mass is 10.1. The second-order valence-electron chi connectivity index (χ2n) is 6.84. The minimum atomic E-state index is -3.83. The van der Waals surface area contributed by atoms with Crippen LogP contribution >= 0.6 is 27.5 Å². The molecule has 5 nitrogen and oxygen atoms in total. The third-order valence-electron chi connectivity index (χ3n) is 3.64. The van der Waals surface area contributed by atoms with Crippen LogP contribution in [0.1, 0.15) is 27.2 Å². The molecule has 0 bridgehead atoms. The topological polar surface area (TPSA) is 63.7 Å². The van der Waals surface area contributed by atoms with Crippen molar-refractivity contribution in [3.8, 4) is 0 Å². The molecule has 134 valence electrons. The van der Waals surface area contributed by atoms with Gasteiger partial charge in [-0.05, 0) is 51.3 Å². The first-order valence-electron chi connectivity index (χ1n) is 7.61. The van der Waals surface area contributed by atoms with E-state index in [2.05, 4.69) is 15.9 Å². The molecule has 1 heterocycles. The monoisotopic (exact) mass is 437 g/mol. The number of carbonyl (C=O) groups excluding carboxylic acids is 1. The van der Waals surface area contributed by atoms with E-state index >= 15 is 0 Å². The molecule has 2 rings (SSSR count). The summed E-state index contributed by atoms with van der Waals surface area (Å²) < 4.78 is 32.6. The minimum absolute atomic E-state index is 0.0523. The molecule has 1 saturated heterocycles. The van der Waals surface area contributed by atoms with Gasteiger partial charge in [-0.2, -0.15) is 4.31 Å². The van der Waals surface area contributed by atoms with Crippen molar-refractivity contribution in [2.45, 2.75) is 43.7 Å². The number of benzene rings is 1. The van der Waals surface area contributed by atoms with Gasteiger partial charge in [0.05, 0.1) is 4.90 Å². The summed E-state index contributed by atoms with van der Waals surface area (Å²) >= 11 is 9.30. The second kappa shape index (κ2) is 7.32. The lowest BCUT2D eigenvalue weighted by Crippen LogP contribution is -2.43. The van der Waals surface area contributed by atoms with Crippen molar-refractivity contribution in [2.24, 2.45) is 5.92 Å². The molecule has 0 aliphatic carbocycles. The van der Waals surface area contributed by atoms with Gasteiger partial charge < -0.3 is 4.74 Å². The molecule has 1 aliphatic rings. The van der Waals surface area contributed by atoms with Crippen LogP contribution in [0.25, 0.3) is 0 Å². The summed E-state index contributed by atoms with van der Waals surface area (Å²) in [6.45, 7) is 5.55. The highest BCUT2D eigenvalue weighted by Crippen LogP contribution is 2.32. The number of halogens is 2. The first-order chi connectivity index (χ1) is 11.0. The van der Waals surface area contributed by atoms with Gasteiger partial charge in [-0.1, -0.05) is 33.6 Å². The van der Waals surface area contributed by atoms with Gasteiger partial charge in [-0.15, -0.1) is 0 Å². The number of sulfonamides is 1. The Hall–Kier alpha value is -0.630. The average Bonchev–Trinajstić information content (AvgIpc) is 2.90. The predicted molar refractivity (Wildman–Crippen MR) is 96.9 cm³/mol. The molecule has 8 heteroatoms. The molecule has 0 amide bonds. The number of hydrogen-bond donors (Lipinski definition) is 0. The van der Waals surface area contributed by atoms with Gasteiger partial charge in [0.15, 0.2) is 0 Å². The fraction of sp³-hybridized carbons (Fsp3) is 0.562. The molecule has 1 aliphatic heterocycles. The zero-order chi connectivity index (χ0) is 18.1. The van der Waals surface area contributed by atoms with Crippen LogP contribution < -0.4 is 0 Å². The fourth-order valence-corrected chi connectivity index (χ4v) is 5.05. The molecule has 24 heavy (non-hydrogen) atoms. The maximum Gasteiger partial charge on any atom is 0.324 e. The van der Waals surface area contributed by atoms with Crippen molar-refractivity contribution < 1.29 is 17.9 Å². The lowest BCUT2D eigenvalue weighted by Gasteiger charge is -2.27. The van der Waals surface area contributed by atoms with Crippen molar-refractivity contribution in [3.63, 3.8) is 0 Å². The molecular formula is C16H21BrClNO4S. The van der Waals surface area contributed by atoms with E-state index in [1.807, 2.05) is 0 Å². The summed E-state index contributed by atoms with van der Waals surface area (Å²) in [6, 6.07) is 5.24. The SMILES string of the molecule is CC(C)(C)OC(=O)C1CC(CBr)CN1S(=O)(=O)c1cccc(Cl)c1. The molecule has 0 spiro atoms. The van der Waals surface area contributed by atoms with Crippen molar-refractivity contribution in [3.05, 3.63) is 29.3 Å². The Balaban J connectivity index is 2.35. The number of rotatable bonds is 4. The standard InChI is InChI=1S/C16H21BrClNO4S/c1-16(2,3)23-15(20)14-7-11(9-17)10-19(14)24(21,22)13-6-4-5-12(18)8-13/h4-6,8,11,14H,7,9-10H2,1-3H3. The van der Waals surface area contributed by atoms with Crippen molar-refractivity contribution in [1.29, 1.82) is 0 Å². The Morgan fingerprint density at radius 3 is 2.62 bits per heavy atom. The molecule has 0 saturated carbocycles. The Bertz CT molecular complexity index is 717. The van der Waals surface area contributed by atoms with Gasteiger partial charge in [0, 0.05) is 16.9 Å². The number of hydrogen-bond acceptors (Lipinski definition) is 4. The highest BCUT2D eigenvalue weighted by Gasteiger charge is 2.45. The van der Waals surface area contributed by atoms with Crippen molar-refractivity contribution in [2.75, 3.05) is 11.9 Å². The molecule has 1 fully saturated rings. The van der Waals surface area contributed by atoms with Gasteiger partial charge in [-0.25, -0.2) is 8.42 Å². The van der Waals surface area contributed by atoms with Crippen LogP contribution in [0.2, 0.25) is 5.02 Å². The van der Waals surface area contributed by atoms with Crippen molar-refractivity contribution >= 4 is 43.5 Å². The number of alkyl halides is 1. The van der Waals surface area contributed by atoms with Crippen LogP contribution in [0.15, 0.2) is 29.2 Å². The summed E-state index contributed by atoms with van der Waals surface area (Å²) in [7, 11) is -3.83. The van der Waals surface area contributed by atoms with E-state index in [4.69, 9.17) is 16.3 Å². The first kappa shape index (κ1) is 19.7. The van der Waals surface area contributed by atoms with Crippen LogP contribution in [-0.4, -0.2) is 42.2 Å². The van der Waals surface area contributed by atoms with Gasteiger partial charge in [-0.3, -0.25) is 4.79 Å². The quantitative estimate of drug-likeness (QED) is 0.533. The first-order valence-corrected chi connectivity index (χ1v) is 10.5. The molecule has 2 unspecified atom stereocenters. The molecule has 0 radical (unpaired) electrons. The van der Waals surface area contributed by atoms with Gasteiger partial charge in [0.25, 0.3) is 0 Å². The Morgan fingerprint density at radius 1 is 1.42 bits per heavy atom. The molecular weight excluding hydrogens is 418 g/mol. The van der Waals surface area contributed by atoms with E-state index in [0.29, 0.717) is 16.8 Å². The normalized spacial score (nSPS) is 22.5. The third-order valence-corrected chi connectivity index (χ3v) is 6.66. The summed E-state index contributed by atoms with van der Waals surface area (Å²) in [5.41, 5.74) is -0.672. The van der Waals surface area contributed by atoms with E-state index in [1.165, 1.54) is 16.4 Å². The molecule has 1 aromatic carbocycles. The minimum Gasteiger partial charge on any atom is -0.459 e. The lowest BCUT2D eigenvalue weighted by molar-refractivity contribution is -0.158. The molecule has 0 N–H and O–H groups in total. The predicted octanol–water partition coefficient (Wildman–Crippen LogP) is 3.46. The molecule has 1 aromatic rings. The maximum atomic E-state index is 13.0. The second-order valence-corrected chi connectivity index (χ2v) is 9.81. The average molecular weight is 439 g/mol. The summed E-state index contributed by atoms with van der Waals surface area (Å²) in [5, 5.41) is 0.953. The zero-order valence-corrected chi connectivity index (χ0v) is 17.0. The Labute approximate surface area is 156 Å². The van der Waals surface area contributed by atoms with Gasteiger partial charge >= 0.3 is 5.97 Å². The molecule has 2 atom stereocenters. The Morgan fingerprint density at radius 2 is 2.08 bits per heavy atom.